The number of likely N-dealkylation sites (N-methyl/N-ethyl adjacent to an activating group) is 1. The van der Waals surface area contributed by atoms with E-state index in [0.717, 1.165) is 77.0 Å². The Morgan fingerprint density at radius 1 is 0.427 bits per heavy atom. The van der Waals surface area contributed by atoms with E-state index in [4.69, 9.17) is 13.8 Å². The largest absolute Gasteiger partial charge is 0.756 e. The van der Waals surface area contributed by atoms with Crippen LogP contribution in [0.2, 0.25) is 0 Å². The molecule has 0 aliphatic heterocycles. The number of carbonyl (C=O) groups is 2. The molecule has 0 aliphatic rings. The predicted octanol–water partition coefficient (Wildman–Crippen LogP) is 21.8. The first-order chi connectivity index (χ1) is 39.9. The number of ether oxygens (including phenoxy) is 1. The molecule has 0 aromatic carbocycles. The molecule has 9 nitrogen and oxygen atoms in total. The minimum absolute atomic E-state index is 0.0222. The second-order valence-corrected chi connectivity index (χ2v) is 26.8. The van der Waals surface area contributed by atoms with Gasteiger partial charge in [0.1, 0.15) is 19.3 Å². The molecule has 0 fully saturated rings. The summed E-state index contributed by atoms with van der Waals surface area (Å²) in [5.41, 5.74) is 0. The Morgan fingerprint density at radius 2 is 0.744 bits per heavy atom. The fourth-order valence-corrected chi connectivity index (χ4v) is 11.2. The maximum absolute atomic E-state index is 13.6. The number of hydrogen-bond donors (Lipinski definition) is 1. The lowest BCUT2D eigenvalue weighted by Crippen LogP contribution is -2.47. The minimum Gasteiger partial charge on any atom is -0.756 e. The van der Waals surface area contributed by atoms with Gasteiger partial charge in [-0.15, -0.1) is 0 Å². The van der Waals surface area contributed by atoms with Gasteiger partial charge in [-0.05, 0) is 89.5 Å². The number of hydrogen-bond acceptors (Lipinski definition) is 7. The van der Waals surface area contributed by atoms with Crippen molar-refractivity contribution in [1.82, 2.24) is 5.32 Å². The Morgan fingerprint density at radius 3 is 1.13 bits per heavy atom. The highest BCUT2D eigenvalue weighted by atomic mass is 31.2. The van der Waals surface area contributed by atoms with Gasteiger partial charge in [0, 0.05) is 12.8 Å². The van der Waals surface area contributed by atoms with Gasteiger partial charge in [0.15, 0.2) is 0 Å². The molecular weight excluding hydrogens is 1040 g/mol. The zero-order valence-electron chi connectivity index (χ0n) is 55.2. The van der Waals surface area contributed by atoms with Crippen LogP contribution in [0.15, 0.2) is 48.6 Å². The third-order valence-electron chi connectivity index (χ3n) is 16.0. The zero-order valence-corrected chi connectivity index (χ0v) is 56.1. The summed E-state index contributed by atoms with van der Waals surface area (Å²) in [5, 5.41) is 3.04. The third-order valence-corrected chi connectivity index (χ3v) is 16.9. The molecular formula is C72H137N2O7P. The van der Waals surface area contributed by atoms with E-state index in [1.165, 1.54) is 238 Å². The van der Waals surface area contributed by atoms with Crippen molar-refractivity contribution in [3.63, 3.8) is 0 Å². The zero-order chi connectivity index (χ0) is 60.0. The topological polar surface area (TPSA) is 114 Å². The molecule has 482 valence electrons. The number of allylic oxidation sites excluding steroid dienone is 7. The van der Waals surface area contributed by atoms with Crippen molar-refractivity contribution in [2.75, 3.05) is 40.9 Å². The van der Waals surface area contributed by atoms with E-state index in [2.05, 4.69) is 62.5 Å². The molecule has 0 heterocycles. The van der Waals surface area contributed by atoms with Crippen molar-refractivity contribution in [1.29, 1.82) is 0 Å². The number of nitrogens with one attached hydrogen (secondary N) is 1. The van der Waals surface area contributed by atoms with Crippen LogP contribution < -0.4 is 10.2 Å². The van der Waals surface area contributed by atoms with Crippen LogP contribution in [-0.2, 0) is 27.9 Å². The van der Waals surface area contributed by atoms with Gasteiger partial charge in [0.05, 0.1) is 33.8 Å². The highest BCUT2D eigenvalue weighted by Crippen LogP contribution is 2.38. The molecule has 3 atom stereocenters. The van der Waals surface area contributed by atoms with Crippen molar-refractivity contribution in [3.8, 4) is 0 Å². The number of phosphoric acid groups is 1. The number of rotatable bonds is 65. The number of unbranched alkanes of at least 4 members (excludes halogenated alkanes) is 43. The van der Waals surface area contributed by atoms with Crippen LogP contribution >= 0.6 is 7.82 Å². The monoisotopic (exact) mass is 1170 g/mol. The normalized spacial score (nSPS) is 13.8. The van der Waals surface area contributed by atoms with Gasteiger partial charge in [0.25, 0.3) is 7.82 Å². The Bertz CT molecular complexity index is 1540. The molecule has 0 bridgehead atoms. The number of quaternary nitrogens is 1. The van der Waals surface area contributed by atoms with Crippen LogP contribution in [0.1, 0.15) is 348 Å². The van der Waals surface area contributed by atoms with Gasteiger partial charge in [0.2, 0.25) is 5.91 Å². The first-order valence-electron chi connectivity index (χ1n) is 35.4. The summed E-state index contributed by atoms with van der Waals surface area (Å²) in [7, 11) is 1.19. The quantitative estimate of drug-likeness (QED) is 0.0212. The molecule has 0 rings (SSSR count). The summed E-state index contributed by atoms with van der Waals surface area (Å²) in [4.78, 5) is 40.1. The van der Waals surface area contributed by atoms with Crippen LogP contribution in [0.5, 0.6) is 0 Å². The van der Waals surface area contributed by atoms with Gasteiger partial charge in [-0.2, -0.15) is 0 Å². The van der Waals surface area contributed by atoms with Gasteiger partial charge >= 0.3 is 5.97 Å². The maximum atomic E-state index is 13.6. The summed E-state index contributed by atoms with van der Waals surface area (Å²) < 4.78 is 30.4. The molecule has 1 N–H and O–H groups in total. The lowest BCUT2D eigenvalue weighted by atomic mass is 10.0. The number of amides is 1. The molecule has 0 aliphatic carbocycles. The van der Waals surface area contributed by atoms with E-state index in [1.54, 1.807) is 0 Å². The van der Waals surface area contributed by atoms with Gasteiger partial charge in [-0.25, -0.2) is 0 Å². The van der Waals surface area contributed by atoms with Gasteiger partial charge in [-0.3, -0.25) is 14.2 Å². The molecule has 0 saturated heterocycles. The SMILES string of the molecule is CCCCC/C=C\C/C=C\CCCCCCCCCC(=O)OC(/C=C\CCCCCCCCCCCC)C(COP(=O)([O-])OCC[N+](C)(C)C)NC(=O)CCCCCCCCCCCCCCCCCCC/C=C/CCCCCCCC. The van der Waals surface area contributed by atoms with Crippen molar-refractivity contribution in [2.24, 2.45) is 0 Å². The second kappa shape index (κ2) is 62.0. The molecule has 10 heteroatoms. The van der Waals surface area contributed by atoms with Gasteiger partial charge < -0.3 is 28.5 Å². The Labute approximate surface area is 509 Å². The molecule has 82 heavy (non-hydrogen) atoms. The number of esters is 1. The van der Waals surface area contributed by atoms with Crippen molar-refractivity contribution < 1.29 is 37.3 Å². The van der Waals surface area contributed by atoms with Crippen LogP contribution in [0.4, 0.5) is 0 Å². The summed E-state index contributed by atoms with van der Waals surface area (Å²) in [6, 6.07) is -0.890. The lowest BCUT2D eigenvalue weighted by Gasteiger charge is -2.30. The third kappa shape index (κ3) is 62.5. The minimum atomic E-state index is -4.70. The average Bonchev–Trinajstić information content (AvgIpc) is 3.44. The van der Waals surface area contributed by atoms with E-state index < -0.39 is 20.0 Å². The Balaban J connectivity index is 4.99. The second-order valence-electron chi connectivity index (χ2n) is 25.4. The van der Waals surface area contributed by atoms with E-state index in [0.29, 0.717) is 17.4 Å². The van der Waals surface area contributed by atoms with Crippen molar-refractivity contribution in [3.05, 3.63) is 48.6 Å². The fourth-order valence-electron chi connectivity index (χ4n) is 10.5. The molecule has 0 saturated carbocycles. The van der Waals surface area contributed by atoms with E-state index >= 15 is 0 Å². The lowest BCUT2D eigenvalue weighted by molar-refractivity contribution is -0.870. The first kappa shape index (κ1) is 80.0. The molecule has 0 aromatic rings. The van der Waals surface area contributed by atoms with E-state index in [1.807, 2.05) is 33.3 Å². The maximum Gasteiger partial charge on any atom is 0.306 e. The highest BCUT2D eigenvalue weighted by molar-refractivity contribution is 7.45. The molecule has 1 amide bonds. The van der Waals surface area contributed by atoms with Crippen LogP contribution in [-0.4, -0.2) is 69.4 Å². The molecule has 0 spiro atoms. The van der Waals surface area contributed by atoms with Crippen LogP contribution in [0.3, 0.4) is 0 Å². The first-order valence-corrected chi connectivity index (χ1v) is 36.9. The summed E-state index contributed by atoms with van der Waals surface area (Å²) in [5.74, 6) is -0.535. The average molecular weight is 1170 g/mol. The summed E-state index contributed by atoms with van der Waals surface area (Å²) >= 11 is 0. The van der Waals surface area contributed by atoms with Gasteiger partial charge in [-0.1, -0.05) is 294 Å². The smallest absolute Gasteiger partial charge is 0.306 e. The van der Waals surface area contributed by atoms with Crippen molar-refractivity contribution in [2.45, 2.75) is 360 Å². The standard InChI is InChI=1S/C72H137N2O7P/c1-7-10-13-16-19-22-25-28-30-32-33-34-35-36-37-38-39-40-41-43-44-46-49-52-55-58-61-64-71(75)73-69(68-80-82(77,78)79-67-66-74(4,5)6)70(63-60-57-54-51-48-27-24-21-18-15-12-9-3)81-72(76)65-62-59-56-53-50-47-45-42-31-29-26-23-20-17-14-11-8-2/h20,23,28-31,60,63,69-70H,7-19,21-22,24-27,32-59,61-62,64-68H2,1-6H3,(H-,73,75,77,78)/b23-20-,30-28+,31-29-,63-60-. The summed E-state index contributed by atoms with van der Waals surface area (Å²) in [6.07, 6.45) is 78.1. The van der Waals surface area contributed by atoms with E-state index in [-0.39, 0.29) is 31.5 Å². The molecule has 0 radical (unpaired) electrons. The number of carbonyl (C=O) groups excluding carboxylic acids is 2. The Kier molecular flexibility index (Phi) is 60.5. The Hall–Kier alpha value is -2.03. The van der Waals surface area contributed by atoms with Crippen LogP contribution in [0.25, 0.3) is 0 Å². The van der Waals surface area contributed by atoms with E-state index in [9.17, 15) is 19.0 Å². The van der Waals surface area contributed by atoms with Crippen LogP contribution in [0, 0.1) is 0 Å². The predicted molar refractivity (Wildman–Crippen MR) is 353 cm³/mol. The highest BCUT2D eigenvalue weighted by Gasteiger charge is 2.27. The fraction of sp³-hybridized carbons (Fsp3) is 0.861. The van der Waals surface area contributed by atoms with Crippen molar-refractivity contribution >= 4 is 19.7 Å². The number of phosphoric ester groups is 1. The summed E-state index contributed by atoms with van der Waals surface area (Å²) in [6.45, 7) is 6.85. The molecule has 0 aromatic heterocycles. The molecule has 3 unspecified atom stereocenters. The number of nitrogens with zero attached hydrogens (tertiary/aromatic N) is 1.